The molecule has 104 valence electrons. The molecule has 3 unspecified atom stereocenters. The third-order valence-corrected chi connectivity index (χ3v) is 4.27. The zero-order chi connectivity index (χ0) is 13.3. The lowest BCUT2D eigenvalue weighted by Gasteiger charge is -2.46. The smallest absolute Gasteiger partial charge is 0.128 e. The van der Waals surface area contributed by atoms with Crippen LogP contribution in [0.4, 0.5) is 10.1 Å². The van der Waals surface area contributed by atoms with Crippen molar-refractivity contribution in [1.29, 1.82) is 0 Å². The Hall–Kier alpha value is -1.13. The molecule has 1 heterocycles. The van der Waals surface area contributed by atoms with Crippen molar-refractivity contribution in [1.82, 2.24) is 0 Å². The van der Waals surface area contributed by atoms with Gasteiger partial charge in [0.15, 0.2) is 0 Å². The number of halogens is 1. The van der Waals surface area contributed by atoms with E-state index in [4.69, 9.17) is 4.74 Å². The summed E-state index contributed by atoms with van der Waals surface area (Å²) in [5.74, 6) is -0.239. The summed E-state index contributed by atoms with van der Waals surface area (Å²) >= 11 is 0. The third kappa shape index (κ3) is 2.74. The second-order valence-electron chi connectivity index (χ2n) is 5.65. The van der Waals surface area contributed by atoms with Crippen LogP contribution in [0.1, 0.15) is 38.5 Å². The summed E-state index contributed by atoms with van der Waals surface area (Å²) in [4.78, 5) is 0. The molecule has 2 fully saturated rings. The fraction of sp³-hybridized carbons (Fsp3) is 0.600. The maximum Gasteiger partial charge on any atom is 0.128 e. The first-order chi connectivity index (χ1) is 9.16. The van der Waals surface area contributed by atoms with Crippen LogP contribution in [0.3, 0.4) is 0 Å². The van der Waals surface area contributed by atoms with Crippen molar-refractivity contribution in [3.63, 3.8) is 0 Å². The van der Waals surface area contributed by atoms with Gasteiger partial charge >= 0.3 is 0 Å². The van der Waals surface area contributed by atoms with Crippen LogP contribution in [0.25, 0.3) is 0 Å². The Morgan fingerprint density at radius 3 is 2.74 bits per heavy atom. The molecule has 1 saturated heterocycles. The Bertz CT molecular complexity index is 436. The second-order valence-corrected chi connectivity index (χ2v) is 5.65. The zero-order valence-corrected chi connectivity index (χ0v) is 10.9. The molecule has 1 saturated carbocycles. The maximum atomic E-state index is 12.8. The van der Waals surface area contributed by atoms with E-state index in [1.807, 2.05) is 0 Å². The summed E-state index contributed by atoms with van der Waals surface area (Å²) in [5, 5.41) is 13.8. The van der Waals surface area contributed by atoms with E-state index in [2.05, 4.69) is 5.32 Å². The maximum absolute atomic E-state index is 12.8. The molecule has 1 aromatic rings. The largest absolute Gasteiger partial charge is 0.387 e. The second kappa shape index (κ2) is 5.10. The van der Waals surface area contributed by atoms with Gasteiger partial charge in [0, 0.05) is 5.69 Å². The quantitative estimate of drug-likeness (QED) is 0.863. The Morgan fingerprint density at radius 2 is 1.95 bits per heavy atom. The first-order valence-electron chi connectivity index (χ1n) is 7.06. The van der Waals surface area contributed by atoms with Gasteiger partial charge < -0.3 is 15.2 Å². The van der Waals surface area contributed by atoms with E-state index in [9.17, 15) is 9.50 Å². The summed E-state index contributed by atoms with van der Waals surface area (Å²) < 4.78 is 18.8. The van der Waals surface area contributed by atoms with Gasteiger partial charge in [-0.3, -0.25) is 0 Å². The fourth-order valence-electron chi connectivity index (χ4n) is 3.16. The lowest BCUT2D eigenvalue weighted by Crippen LogP contribution is -2.53. The standard InChI is InChI=1S/C15H20FNO2/c16-11-4-6-12(7-5-11)17-14-8-10-15(18)9-2-1-3-13(15)19-14/h4-7,13-14,17-18H,1-3,8-10H2. The summed E-state index contributed by atoms with van der Waals surface area (Å²) in [6, 6.07) is 6.28. The van der Waals surface area contributed by atoms with E-state index in [-0.39, 0.29) is 18.1 Å². The summed E-state index contributed by atoms with van der Waals surface area (Å²) in [7, 11) is 0. The Balaban J connectivity index is 1.63. The third-order valence-electron chi connectivity index (χ3n) is 4.27. The molecule has 19 heavy (non-hydrogen) atoms. The summed E-state index contributed by atoms with van der Waals surface area (Å²) in [5.41, 5.74) is 0.229. The van der Waals surface area contributed by atoms with Crippen molar-refractivity contribution in [2.75, 3.05) is 5.32 Å². The predicted molar refractivity (Wildman–Crippen MR) is 71.3 cm³/mol. The molecular formula is C15H20FNO2. The number of ether oxygens (including phenoxy) is 1. The van der Waals surface area contributed by atoms with Crippen LogP contribution in [-0.2, 0) is 4.74 Å². The van der Waals surface area contributed by atoms with E-state index < -0.39 is 5.60 Å². The van der Waals surface area contributed by atoms with Gasteiger partial charge in [0.25, 0.3) is 0 Å². The van der Waals surface area contributed by atoms with Gasteiger partial charge in [0.05, 0.1) is 11.7 Å². The molecule has 0 spiro atoms. The number of rotatable bonds is 2. The van der Waals surface area contributed by atoms with Gasteiger partial charge in [-0.25, -0.2) is 4.39 Å². The molecule has 2 aliphatic rings. The molecule has 1 aliphatic heterocycles. The van der Waals surface area contributed by atoms with E-state index >= 15 is 0 Å². The van der Waals surface area contributed by atoms with E-state index in [1.54, 1.807) is 12.1 Å². The average molecular weight is 265 g/mol. The van der Waals surface area contributed by atoms with Gasteiger partial charge in [-0.1, -0.05) is 12.8 Å². The average Bonchev–Trinajstić information content (AvgIpc) is 2.41. The van der Waals surface area contributed by atoms with Gasteiger partial charge in [0.1, 0.15) is 12.0 Å². The van der Waals surface area contributed by atoms with E-state index in [0.717, 1.165) is 44.2 Å². The van der Waals surface area contributed by atoms with Crippen LogP contribution in [0, 0.1) is 5.82 Å². The van der Waals surface area contributed by atoms with Crippen molar-refractivity contribution >= 4 is 5.69 Å². The van der Waals surface area contributed by atoms with Crippen molar-refractivity contribution in [3.05, 3.63) is 30.1 Å². The van der Waals surface area contributed by atoms with Crippen LogP contribution in [-0.4, -0.2) is 23.0 Å². The molecular weight excluding hydrogens is 245 g/mol. The molecule has 3 atom stereocenters. The van der Waals surface area contributed by atoms with Crippen LogP contribution < -0.4 is 5.32 Å². The van der Waals surface area contributed by atoms with Crippen molar-refractivity contribution in [2.24, 2.45) is 0 Å². The summed E-state index contributed by atoms with van der Waals surface area (Å²) in [6.07, 6.45) is 5.39. The summed E-state index contributed by atoms with van der Waals surface area (Å²) in [6.45, 7) is 0. The molecule has 1 aliphatic carbocycles. The van der Waals surface area contributed by atoms with Crippen molar-refractivity contribution in [3.8, 4) is 0 Å². The van der Waals surface area contributed by atoms with E-state index in [1.165, 1.54) is 12.1 Å². The molecule has 0 amide bonds. The molecule has 2 N–H and O–H groups in total. The highest BCUT2D eigenvalue weighted by molar-refractivity contribution is 5.43. The molecule has 0 bridgehead atoms. The zero-order valence-electron chi connectivity index (χ0n) is 10.9. The highest BCUT2D eigenvalue weighted by Gasteiger charge is 2.44. The number of hydrogen-bond donors (Lipinski definition) is 2. The van der Waals surface area contributed by atoms with Crippen LogP contribution >= 0.6 is 0 Å². The first-order valence-corrected chi connectivity index (χ1v) is 7.06. The Kier molecular flexibility index (Phi) is 3.46. The van der Waals surface area contributed by atoms with Crippen molar-refractivity contribution < 1.29 is 14.2 Å². The minimum absolute atomic E-state index is 0.0621. The SMILES string of the molecule is OC12CCCCC1OC(Nc1ccc(F)cc1)CC2. The highest BCUT2D eigenvalue weighted by Crippen LogP contribution is 2.39. The van der Waals surface area contributed by atoms with Gasteiger partial charge in [-0.15, -0.1) is 0 Å². The molecule has 3 rings (SSSR count). The number of benzene rings is 1. The topological polar surface area (TPSA) is 41.5 Å². The fourth-order valence-corrected chi connectivity index (χ4v) is 3.16. The van der Waals surface area contributed by atoms with Crippen LogP contribution in [0.2, 0.25) is 0 Å². The number of fused-ring (bicyclic) bond motifs is 1. The van der Waals surface area contributed by atoms with Crippen LogP contribution in [0.5, 0.6) is 0 Å². The molecule has 0 radical (unpaired) electrons. The molecule has 0 aromatic heterocycles. The lowest BCUT2D eigenvalue weighted by atomic mass is 9.77. The monoisotopic (exact) mass is 265 g/mol. The Labute approximate surface area is 112 Å². The minimum atomic E-state index is -0.626. The number of nitrogens with one attached hydrogen (secondary N) is 1. The predicted octanol–water partition coefficient (Wildman–Crippen LogP) is 3.05. The number of hydrogen-bond acceptors (Lipinski definition) is 3. The first kappa shape index (κ1) is 12.9. The number of anilines is 1. The van der Waals surface area contributed by atoms with Crippen LogP contribution in [0.15, 0.2) is 24.3 Å². The highest BCUT2D eigenvalue weighted by atomic mass is 19.1. The minimum Gasteiger partial charge on any atom is -0.387 e. The molecule has 1 aromatic carbocycles. The van der Waals surface area contributed by atoms with Gasteiger partial charge in [0.2, 0.25) is 0 Å². The van der Waals surface area contributed by atoms with Gasteiger partial charge in [-0.2, -0.15) is 0 Å². The Morgan fingerprint density at radius 1 is 1.16 bits per heavy atom. The van der Waals surface area contributed by atoms with E-state index in [0.29, 0.717) is 0 Å². The van der Waals surface area contributed by atoms with Crippen molar-refractivity contribution in [2.45, 2.75) is 56.5 Å². The normalized spacial score (nSPS) is 34.6. The van der Waals surface area contributed by atoms with Gasteiger partial charge in [-0.05, 0) is 49.9 Å². The lowest BCUT2D eigenvalue weighted by molar-refractivity contribution is -0.185. The molecule has 3 nitrogen and oxygen atoms in total. The number of aliphatic hydroxyl groups is 1. The molecule has 4 heteroatoms.